The summed E-state index contributed by atoms with van der Waals surface area (Å²) >= 11 is 0. The molecule has 0 radical (unpaired) electrons. The molecule has 0 saturated carbocycles. The molecule has 348 valence electrons. The highest BCUT2D eigenvalue weighted by Crippen LogP contribution is 2.52. The van der Waals surface area contributed by atoms with Crippen LogP contribution in [0.2, 0.25) is 0 Å². The molecule has 1 aliphatic carbocycles. The third kappa shape index (κ3) is 7.25. The van der Waals surface area contributed by atoms with E-state index in [1.165, 1.54) is 77.9 Å². The molecule has 0 unspecified atom stereocenters. The average Bonchev–Trinajstić information content (AvgIpc) is 3.66. The number of benzene rings is 7. The second kappa shape index (κ2) is 15.5. The quantitative estimate of drug-likeness (QED) is 0.161. The van der Waals surface area contributed by atoms with Crippen molar-refractivity contribution in [2.24, 2.45) is 0 Å². The van der Waals surface area contributed by atoms with Crippen molar-refractivity contribution in [1.82, 2.24) is 0 Å². The number of hydrogen-bond donors (Lipinski definition) is 0. The van der Waals surface area contributed by atoms with E-state index in [0.717, 1.165) is 58.2 Å². The van der Waals surface area contributed by atoms with Crippen molar-refractivity contribution in [3.63, 3.8) is 0 Å². The second-order valence-corrected chi connectivity index (χ2v) is 24.0. The fourth-order valence-electron chi connectivity index (χ4n) is 11.8. The topological polar surface area (TPSA) is 22.9 Å². The van der Waals surface area contributed by atoms with Crippen molar-refractivity contribution in [3.8, 4) is 0 Å². The minimum Gasteiger partial charge on any atom is -0.468 e. The molecule has 2 aliphatic heterocycles. The fourth-order valence-corrected chi connectivity index (χ4v) is 11.8. The van der Waals surface area contributed by atoms with Gasteiger partial charge in [0.2, 0.25) is 0 Å². The third-order valence-corrected chi connectivity index (χ3v) is 15.9. The normalized spacial score (nSPS) is 15.7. The smallest absolute Gasteiger partial charge is 0.297 e. The zero-order chi connectivity index (χ0) is 48.7. The maximum Gasteiger partial charge on any atom is 0.297 e. The molecule has 0 atom stereocenters. The molecule has 1 aromatic heterocycles. The highest BCUT2D eigenvalue weighted by molar-refractivity contribution is 7.00. The van der Waals surface area contributed by atoms with Crippen molar-refractivity contribution in [1.29, 1.82) is 0 Å². The first-order valence-electron chi connectivity index (χ1n) is 25.2. The lowest BCUT2D eigenvalue weighted by molar-refractivity contribution is 0.332. The van der Waals surface area contributed by atoms with Gasteiger partial charge in [0.1, 0.15) is 5.58 Å². The monoisotopic (exact) mass is 906 g/mol. The van der Waals surface area contributed by atoms with Crippen LogP contribution in [0.15, 0.2) is 138 Å². The summed E-state index contributed by atoms with van der Waals surface area (Å²) in [6.45, 7) is 32.3. The molecule has 3 aliphatic rings. The summed E-state index contributed by atoms with van der Waals surface area (Å²) in [5.41, 5.74) is 25.4. The average molecular weight is 906 g/mol. The summed E-state index contributed by atoms with van der Waals surface area (Å²) in [7, 11) is 0. The highest BCUT2D eigenvalue weighted by atomic mass is 16.3. The van der Waals surface area contributed by atoms with E-state index in [4.69, 9.17) is 4.42 Å². The summed E-state index contributed by atoms with van der Waals surface area (Å²) in [4.78, 5) is 7.57. The Morgan fingerprint density at radius 3 is 1.83 bits per heavy atom. The Labute approximate surface area is 412 Å². The zero-order valence-electron chi connectivity index (χ0n) is 43.4. The summed E-state index contributed by atoms with van der Waals surface area (Å²) in [5.74, 6) is 0. The van der Waals surface area contributed by atoms with Gasteiger partial charge in [-0.1, -0.05) is 130 Å². The lowest BCUT2D eigenvalue weighted by Gasteiger charge is -2.43. The standard InChI is InChI=1S/C64H68BN3O/c1-39-18-17-20-46(32-39)66(52-21-16-15-19-41(52)3)47-27-28-51-54(36-47)68(53-29-24-44(35-42(53)4)62(8,9)10)56-34-40(2)33-55-58(56)65(51)60-59(67(55)45-25-22-43(23-26-45)61(5,6)7)48-37-49-50(38-57(48)69-60)64(13,14)31-30-63(49,11)12/h15-29,32-38H,30-31H2,1-14H3. The number of fused-ring (bicyclic) bond motifs is 7. The van der Waals surface area contributed by atoms with Gasteiger partial charge in [-0.3, -0.25) is 0 Å². The minimum atomic E-state index is -0.165. The van der Waals surface area contributed by atoms with E-state index >= 15 is 0 Å². The Kier molecular flexibility index (Phi) is 10.1. The molecule has 7 aromatic carbocycles. The summed E-state index contributed by atoms with van der Waals surface area (Å²) in [5, 5.41) is 1.18. The highest BCUT2D eigenvalue weighted by Gasteiger charge is 2.48. The summed E-state index contributed by atoms with van der Waals surface area (Å²) in [6.07, 6.45) is 2.29. The molecule has 4 nitrogen and oxygen atoms in total. The van der Waals surface area contributed by atoms with Crippen LogP contribution >= 0.6 is 0 Å². The first kappa shape index (κ1) is 45.0. The van der Waals surface area contributed by atoms with Gasteiger partial charge in [0.15, 0.2) is 0 Å². The van der Waals surface area contributed by atoms with Crippen LogP contribution in [0.3, 0.4) is 0 Å². The Morgan fingerprint density at radius 2 is 1.17 bits per heavy atom. The predicted octanol–water partition coefficient (Wildman–Crippen LogP) is 16.2. The van der Waals surface area contributed by atoms with Crippen molar-refractivity contribution in [2.45, 2.75) is 131 Å². The predicted molar refractivity (Wildman–Crippen MR) is 297 cm³/mol. The first-order chi connectivity index (χ1) is 32.6. The number of anilines is 9. The van der Waals surface area contributed by atoms with Crippen molar-refractivity contribution in [2.75, 3.05) is 14.7 Å². The van der Waals surface area contributed by atoms with Gasteiger partial charge in [-0.05, 0) is 190 Å². The number of furan rings is 1. The molecule has 69 heavy (non-hydrogen) atoms. The Hall–Kier alpha value is -6.46. The maximum atomic E-state index is 7.58. The van der Waals surface area contributed by atoms with E-state index in [2.05, 4.69) is 245 Å². The van der Waals surface area contributed by atoms with E-state index in [1.54, 1.807) is 0 Å². The van der Waals surface area contributed by atoms with Crippen LogP contribution in [-0.2, 0) is 21.7 Å². The lowest BCUT2D eigenvalue weighted by atomic mass is 9.35. The number of aryl methyl sites for hydroxylation is 4. The molecule has 0 amide bonds. The molecule has 0 spiro atoms. The van der Waals surface area contributed by atoms with Crippen LogP contribution in [0.4, 0.5) is 51.2 Å². The lowest BCUT2D eigenvalue weighted by Crippen LogP contribution is -2.61. The first-order valence-corrected chi connectivity index (χ1v) is 25.2. The van der Waals surface area contributed by atoms with Crippen LogP contribution in [0, 0.1) is 27.7 Å². The molecule has 0 bridgehead atoms. The molecule has 3 heterocycles. The second-order valence-electron chi connectivity index (χ2n) is 24.0. The van der Waals surface area contributed by atoms with Crippen LogP contribution in [0.1, 0.15) is 127 Å². The molecule has 8 aromatic rings. The Balaban J connectivity index is 1.24. The SMILES string of the molecule is Cc1cccc(N(c2ccc3c(c2)N(c2ccc(C(C)(C)C)cc2C)c2cc(C)cc4c2B3c2oc3cc5c(cc3c2N4c2ccc(C(C)(C)C)cc2)C(C)(C)CCC5(C)C)c2ccccc2C)c1. The number of hydrogen-bond acceptors (Lipinski definition) is 4. The van der Waals surface area contributed by atoms with Crippen LogP contribution < -0.4 is 31.3 Å². The molecular weight excluding hydrogens is 838 g/mol. The van der Waals surface area contributed by atoms with Gasteiger partial charge < -0.3 is 19.1 Å². The minimum absolute atomic E-state index is 0.0100. The largest absolute Gasteiger partial charge is 0.468 e. The fraction of sp³-hybridized carbons (Fsp3) is 0.312. The van der Waals surface area contributed by atoms with E-state index in [9.17, 15) is 0 Å². The van der Waals surface area contributed by atoms with Gasteiger partial charge >= 0.3 is 0 Å². The molecule has 0 fully saturated rings. The van der Waals surface area contributed by atoms with Crippen LogP contribution in [0.25, 0.3) is 11.0 Å². The van der Waals surface area contributed by atoms with Crippen molar-refractivity contribution >= 4 is 85.5 Å². The summed E-state index contributed by atoms with van der Waals surface area (Å²) in [6, 6.07) is 51.1. The third-order valence-electron chi connectivity index (χ3n) is 15.9. The van der Waals surface area contributed by atoms with Crippen molar-refractivity contribution < 1.29 is 4.42 Å². The van der Waals surface area contributed by atoms with Gasteiger partial charge in [-0.2, -0.15) is 0 Å². The maximum absolute atomic E-state index is 7.58. The van der Waals surface area contributed by atoms with Gasteiger partial charge in [0.05, 0.1) is 11.3 Å². The zero-order valence-corrected chi connectivity index (χ0v) is 43.4. The van der Waals surface area contributed by atoms with Gasteiger partial charge in [-0.15, -0.1) is 0 Å². The Morgan fingerprint density at radius 1 is 0.536 bits per heavy atom. The van der Waals surface area contributed by atoms with E-state index in [-0.39, 0.29) is 28.4 Å². The number of rotatable bonds is 5. The van der Waals surface area contributed by atoms with Gasteiger partial charge in [-0.25, -0.2) is 0 Å². The van der Waals surface area contributed by atoms with Crippen LogP contribution in [-0.4, -0.2) is 6.71 Å². The molecule has 0 saturated heterocycles. The molecule has 5 heteroatoms. The van der Waals surface area contributed by atoms with E-state index < -0.39 is 0 Å². The molecule has 0 N–H and O–H groups in total. The van der Waals surface area contributed by atoms with Gasteiger partial charge in [0, 0.05) is 50.9 Å². The summed E-state index contributed by atoms with van der Waals surface area (Å²) < 4.78 is 7.58. The van der Waals surface area contributed by atoms with Crippen LogP contribution in [0.5, 0.6) is 0 Å². The van der Waals surface area contributed by atoms with Crippen molar-refractivity contribution in [3.05, 3.63) is 178 Å². The van der Waals surface area contributed by atoms with Gasteiger partial charge in [0.25, 0.3) is 6.71 Å². The number of nitrogens with zero attached hydrogens (tertiary/aromatic N) is 3. The molecule has 11 rings (SSSR count). The number of para-hydroxylation sites is 1. The van der Waals surface area contributed by atoms with E-state index in [1.807, 2.05) is 0 Å². The Bertz CT molecular complexity index is 3370. The van der Waals surface area contributed by atoms with E-state index in [0.29, 0.717) is 0 Å². The molecular formula is C64H68BN3O.